The number of carbonyl (C=O) groups is 3. The first-order valence-electron chi connectivity index (χ1n) is 14.5. The molecule has 0 atom stereocenters. The van der Waals surface area contributed by atoms with Crippen LogP contribution in [0.4, 0.5) is 0 Å². The van der Waals surface area contributed by atoms with Gasteiger partial charge in [0.05, 0.1) is 32.2 Å². The molecule has 0 saturated carbocycles. The van der Waals surface area contributed by atoms with Crippen molar-refractivity contribution in [3.8, 4) is 34.4 Å². The summed E-state index contributed by atoms with van der Waals surface area (Å²) in [4.78, 5) is 35.4. The first-order chi connectivity index (χ1) is 22.9. The molecule has 5 rings (SSSR count). The van der Waals surface area contributed by atoms with E-state index in [1.807, 2.05) is 70.2 Å². The minimum Gasteiger partial charge on any atom is -0.477 e. The van der Waals surface area contributed by atoms with Crippen LogP contribution >= 0.6 is 46.2 Å². The van der Waals surface area contributed by atoms with Crippen molar-refractivity contribution in [2.75, 3.05) is 7.11 Å². The Labute approximate surface area is 294 Å². The lowest BCUT2D eigenvalue weighted by atomic mass is 9.99. The SMILES string of the molecule is CC(C)Sc1sc(C(=O)O)c(-c2ccc3ccccc3c2)c1C#N.COC(=O)c1cccc(-c2c(C(=O)O)sc(SC(C)C)c2C#N)c1. The summed E-state index contributed by atoms with van der Waals surface area (Å²) in [5.41, 5.74) is 3.27. The fourth-order valence-corrected chi connectivity index (χ4v) is 9.85. The van der Waals surface area contributed by atoms with Crippen LogP contribution in [0, 0.1) is 22.7 Å². The van der Waals surface area contributed by atoms with Crippen molar-refractivity contribution < 1.29 is 29.3 Å². The number of rotatable bonds is 9. The lowest BCUT2D eigenvalue weighted by Crippen LogP contribution is -2.02. The van der Waals surface area contributed by atoms with Gasteiger partial charge in [-0.15, -0.1) is 46.2 Å². The Morgan fingerprint density at radius 3 is 1.67 bits per heavy atom. The number of carboxylic acid groups (broad SMARTS) is 2. The lowest BCUT2D eigenvalue weighted by Gasteiger charge is -2.06. The van der Waals surface area contributed by atoms with Gasteiger partial charge < -0.3 is 14.9 Å². The van der Waals surface area contributed by atoms with Gasteiger partial charge >= 0.3 is 17.9 Å². The number of benzene rings is 3. The summed E-state index contributed by atoms with van der Waals surface area (Å²) in [5, 5.41) is 40.9. The van der Waals surface area contributed by atoms with Crippen molar-refractivity contribution >= 4 is 74.9 Å². The third kappa shape index (κ3) is 8.09. The second kappa shape index (κ2) is 16.0. The van der Waals surface area contributed by atoms with E-state index in [0.717, 1.165) is 31.9 Å². The van der Waals surface area contributed by atoms with Crippen molar-refractivity contribution in [3.63, 3.8) is 0 Å². The normalized spacial score (nSPS) is 10.7. The number of fused-ring (bicyclic) bond motifs is 1. The predicted molar refractivity (Wildman–Crippen MR) is 194 cm³/mol. The molecule has 244 valence electrons. The molecule has 2 aromatic heterocycles. The highest BCUT2D eigenvalue weighted by Gasteiger charge is 2.26. The van der Waals surface area contributed by atoms with Gasteiger partial charge in [-0.2, -0.15) is 10.5 Å². The van der Waals surface area contributed by atoms with E-state index in [0.29, 0.717) is 37.6 Å². The fraction of sp³-hybridized carbons (Fsp3) is 0.194. The van der Waals surface area contributed by atoms with E-state index in [-0.39, 0.29) is 20.3 Å². The number of hydrogen-bond acceptors (Lipinski definition) is 10. The van der Waals surface area contributed by atoms with Gasteiger partial charge in [0.1, 0.15) is 21.9 Å². The Bertz CT molecular complexity index is 2100. The number of ether oxygens (including phenoxy) is 1. The van der Waals surface area contributed by atoms with E-state index in [1.54, 1.807) is 24.3 Å². The molecule has 0 bridgehead atoms. The second-order valence-electron chi connectivity index (χ2n) is 10.7. The van der Waals surface area contributed by atoms with Crippen LogP contribution in [0.25, 0.3) is 33.0 Å². The molecule has 2 N–H and O–H groups in total. The number of carbonyl (C=O) groups excluding carboxylic acids is 1. The Kier molecular flexibility index (Phi) is 12.1. The maximum absolute atomic E-state index is 11.7. The summed E-state index contributed by atoms with van der Waals surface area (Å²) < 4.78 is 6.14. The molecule has 48 heavy (non-hydrogen) atoms. The third-order valence-electron chi connectivity index (χ3n) is 6.66. The summed E-state index contributed by atoms with van der Waals surface area (Å²) in [7, 11) is 1.28. The maximum Gasteiger partial charge on any atom is 0.346 e. The summed E-state index contributed by atoms with van der Waals surface area (Å²) in [6.07, 6.45) is 0. The Morgan fingerprint density at radius 2 is 1.21 bits per heavy atom. The van der Waals surface area contributed by atoms with Crippen LogP contribution in [0.15, 0.2) is 75.1 Å². The van der Waals surface area contributed by atoms with Crippen LogP contribution in [0.5, 0.6) is 0 Å². The summed E-state index contributed by atoms with van der Waals surface area (Å²) in [6, 6.07) is 24.5. The molecule has 0 aliphatic carbocycles. The standard InChI is InChI=1S/C19H15NO2S2.C17H15NO4S2/c1-11(2)23-19-15(10-20)16(17(24-19)18(21)22)14-8-7-12-5-3-4-6-13(12)9-14;1-9(2)23-17-12(8-18)13(14(24-17)15(19)20)10-5-4-6-11(7-10)16(21)22-3/h3-9,11H,1-2H3,(H,21,22);4-7,9H,1-3H3,(H,19,20). The highest BCUT2D eigenvalue weighted by atomic mass is 32.2. The summed E-state index contributed by atoms with van der Waals surface area (Å²) in [6.45, 7) is 8.01. The minimum absolute atomic E-state index is 0.0942. The highest BCUT2D eigenvalue weighted by molar-refractivity contribution is 8.02. The van der Waals surface area contributed by atoms with Crippen molar-refractivity contribution in [2.24, 2.45) is 0 Å². The molecule has 5 aromatic rings. The highest BCUT2D eigenvalue weighted by Crippen LogP contribution is 2.44. The molecular formula is C36H30N2O6S4. The lowest BCUT2D eigenvalue weighted by molar-refractivity contribution is 0.0599. The van der Waals surface area contributed by atoms with Gasteiger partial charge in [-0.1, -0.05) is 76.2 Å². The van der Waals surface area contributed by atoms with Gasteiger partial charge in [0.15, 0.2) is 0 Å². The second-order valence-corrected chi connectivity index (χ2v) is 16.5. The number of aromatic carboxylic acids is 2. The first-order valence-corrected chi connectivity index (χ1v) is 17.9. The molecule has 0 fully saturated rings. The van der Waals surface area contributed by atoms with Crippen molar-refractivity contribution in [3.05, 3.63) is 93.2 Å². The van der Waals surface area contributed by atoms with Crippen LogP contribution in [0.1, 0.15) is 68.5 Å². The largest absolute Gasteiger partial charge is 0.477 e. The molecule has 0 aliphatic rings. The molecule has 0 amide bonds. The van der Waals surface area contributed by atoms with Crippen LogP contribution in [0.3, 0.4) is 0 Å². The fourth-order valence-electron chi connectivity index (χ4n) is 4.73. The van der Waals surface area contributed by atoms with Crippen molar-refractivity contribution in [1.29, 1.82) is 10.5 Å². The number of esters is 1. The Morgan fingerprint density at radius 1 is 0.708 bits per heavy atom. The van der Waals surface area contributed by atoms with Gasteiger partial charge in [-0.3, -0.25) is 0 Å². The van der Waals surface area contributed by atoms with E-state index in [1.165, 1.54) is 42.0 Å². The quantitative estimate of drug-likeness (QED) is 0.112. The molecule has 0 spiro atoms. The third-order valence-corrected chi connectivity index (χ3v) is 11.5. The zero-order valence-electron chi connectivity index (χ0n) is 26.6. The van der Waals surface area contributed by atoms with Crippen LogP contribution in [0.2, 0.25) is 0 Å². The molecule has 0 aliphatic heterocycles. The van der Waals surface area contributed by atoms with Gasteiger partial charge in [-0.25, -0.2) is 14.4 Å². The van der Waals surface area contributed by atoms with Crippen molar-refractivity contribution in [2.45, 2.75) is 46.6 Å². The predicted octanol–water partition coefficient (Wildman–Crippen LogP) is 9.91. The molecule has 8 nitrogen and oxygen atoms in total. The van der Waals surface area contributed by atoms with Gasteiger partial charge in [0.25, 0.3) is 0 Å². The van der Waals surface area contributed by atoms with Gasteiger partial charge in [0.2, 0.25) is 0 Å². The van der Waals surface area contributed by atoms with Crippen LogP contribution in [-0.2, 0) is 4.74 Å². The summed E-state index contributed by atoms with van der Waals surface area (Å²) >= 11 is 5.26. The van der Waals surface area contributed by atoms with Crippen LogP contribution < -0.4 is 0 Å². The topological polar surface area (TPSA) is 148 Å². The molecule has 12 heteroatoms. The summed E-state index contributed by atoms with van der Waals surface area (Å²) in [5.74, 6) is -2.60. The molecule has 0 radical (unpaired) electrons. The smallest absolute Gasteiger partial charge is 0.346 e. The number of hydrogen-bond donors (Lipinski definition) is 2. The van der Waals surface area contributed by atoms with Gasteiger partial charge in [-0.05, 0) is 40.1 Å². The number of nitrogens with zero attached hydrogens (tertiary/aromatic N) is 2. The van der Waals surface area contributed by atoms with E-state index in [4.69, 9.17) is 4.74 Å². The van der Waals surface area contributed by atoms with Crippen LogP contribution in [-0.4, -0.2) is 45.7 Å². The van der Waals surface area contributed by atoms with Gasteiger partial charge in [0, 0.05) is 21.6 Å². The average molecular weight is 715 g/mol. The van der Waals surface area contributed by atoms with E-state index in [2.05, 4.69) is 12.1 Å². The molecular weight excluding hydrogens is 685 g/mol. The number of methoxy groups -OCH3 is 1. The van der Waals surface area contributed by atoms with E-state index in [9.17, 15) is 35.1 Å². The minimum atomic E-state index is -1.09. The number of thiophene rings is 2. The molecule has 0 unspecified atom stereocenters. The number of thioether (sulfide) groups is 2. The van der Waals surface area contributed by atoms with E-state index < -0.39 is 17.9 Å². The molecule has 2 heterocycles. The molecule has 0 saturated heterocycles. The number of nitriles is 2. The average Bonchev–Trinajstić information content (AvgIpc) is 3.62. The molecule has 3 aromatic carbocycles. The first kappa shape index (κ1) is 36.2. The number of carboxylic acids is 2. The maximum atomic E-state index is 11.7. The zero-order chi connectivity index (χ0) is 35.1. The van der Waals surface area contributed by atoms with E-state index >= 15 is 0 Å². The van der Waals surface area contributed by atoms with Crippen molar-refractivity contribution in [1.82, 2.24) is 0 Å². The zero-order valence-corrected chi connectivity index (χ0v) is 29.8. The monoisotopic (exact) mass is 714 g/mol. The Hall–Kier alpha value is -4.59. The Balaban J connectivity index is 0.000000217.